The number of esters is 1. The number of rotatable bonds is 7. The molecule has 0 radical (unpaired) electrons. The van der Waals surface area contributed by atoms with E-state index in [1.54, 1.807) is 30.3 Å². The fourth-order valence-electron chi connectivity index (χ4n) is 2.56. The maximum atomic E-state index is 12.0. The maximum Gasteiger partial charge on any atom is 0.338 e. The topological polar surface area (TPSA) is 35.5 Å². The van der Waals surface area contributed by atoms with Gasteiger partial charge in [0.1, 0.15) is 12.4 Å². The first kappa shape index (κ1) is 19.5. The third kappa shape index (κ3) is 5.34. The minimum Gasteiger partial charge on any atom is -0.488 e. The molecule has 0 aromatic heterocycles. The highest BCUT2D eigenvalue weighted by Crippen LogP contribution is 2.34. The number of benzene rings is 3. The van der Waals surface area contributed by atoms with E-state index in [-0.39, 0.29) is 12.6 Å². The number of hydrogen-bond donors (Lipinski definition) is 0. The lowest BCUT2D eigenvalue weighted by atomic mass is 10.1. The van der Waals surface area contributed by atoms with Gasteiger partial charge in [0.15, 0.2) is 0 Å². The number of ether oxygens (including phenoxy) is 2. The van der Waals surface area contributed by atoms with Crippen molar-refractivity contribution in [2.24, 2.45) is 0 Å². The number of hydrogen-bond acceptors (Lipinski definition) is 3. The Morgan fingerprint density at radius 3 is 2.30 bits per heavy atom. The summed E-state index contributed by atoms with van der Waals surface area (Å²) in [5, 5.41) is 0.602. The Balaban J connectivity index is 1.62. The first-order valence-electron chi connectivity index (χ1n) is 8.51. The molecule has 3 aromatic carbocycles. The first-order valence-corrected chi connectivity index (χ1v) is 9.68. The summed E-state index contributed by atoms with van der Waals surface area (Å²) in [5.41, 5.74) is 2.46. The Kier molecular flexibility index (Phi) is 6.91. The van der Waals surface area contributed by atoms with Crippen LogP contribution >= 0.6 is 27.5 Å². The van der Waals surface area contributed by atoms with Gasteiger partial charge in [-0.05, 0) is 51.3 Å². The molecule has 0 amide bonds. The van der Waals surface area contributed by atoms with E-state index in [1.165, 1.54) is 0 Å². The lowest BCUT2D eigenvalue weighted by Gasteiger charge is -2.13. The third-order valence-electron chi connectivity index (χ3n) is 3.98. The van der Waals surface area contributed by atoms with Crippen LogP contribution in [0.5, 0.6) is 5.75 Å². The summed E-state index contributed by atoms with van der Waals surface area (Å²) >= 11 is 9.89. The van der Waals surface area contributed by atoms with Crippen LogP contribution in [-0.2, 0) is 17.8 Å². The Morgan fingerprint density at radius 1 is 0.926 bits per heavy atom. The summed E-state index contributed by atoms with van der Waals surface area (Å²) < 4.78 is 12.0. The highest BCUT2D eigenvalue weighted by atomic mass is 79.9. The number of carbonyl (C=O) groups is 1. The fourth-order valence-corrected chi connectivity index (χ4v) is 3.58. The summed E-state index contributed by atoms with van der Waals surface area (Å²) in [7, 11) is 0. The van der Waals surface area contributed by atoms with E-state index in [1.807, 2.05) is 42.5 Å². The molecule has 0 aliphatic carbocycles. The fraction of sp³-hybridized carbons (Fsp3) is 0.136. The second kappa shape index (κ2) is 9.58. The van der Waals surface area contributed by atoms with E-state index in [2.05, 4.69) is 15.9 Å². The first-order chi connectivity index (χ1) is 13.1. The van der Waals surface area contributed by atoms with Crippen molar-refractivity contribution in [1.29, 1.82) is 0 Å². The van der Waals surface area contributed by atoms with E-state index < -0.39 is 0 Å². The Labute approximate surface area is 172 Å². The summed E-state index contributed by atoms with van der Waals surface area (Å²) in [6, 6.07) is 22.5. The average Bonchev–Trinajstić information content (AvgIpc) is 2.71. The molecule has 0 heterocycles. The predicted octanol–water partition coefficient (Wildman–Crippen LogP) is 6.08. The molecule has 0 N–H and O–H groups in total. The third-order valence-corrected chi connectivity index (χ3v) is 5.21. The van der Waals surface area contributed by atoms with Crippen molar-refractivity contribution in [2.45, 2.75) is 13.0 Å². The zero-order valence-electron chi connectivity index (χ0n) is 14.5. The van der Waals surface area contributed by atoms with Crippen molar-refractivity contribution in [2.75, 3.05) is 6.61 Å². The van der Waals surface area contributed by atoms with Crippen LogP contribution in [0.2, 0.25) is 5.02 Å². The van der Waals surface area contributed by atoms with Gasteiger partial charge in [-0.15, -0.1) is 0 Å². The Morgan fingerprint density at radius 2 is 1.59 bits per heavy atom. The smallest absolute Gasteiger partial charge is 0.338 e. The molecule has 0 aliphatic heterocycles. The molecule has 3 nitrogen and oxygen atoms in total. The zero-order chi connectivity index (χ0) is 19.1. The number of halogens is 2. The molecule has 0 saturated heterocycles. The number of carbonyl (C=O) groups excluding carboxylic acids is 1. The molecule has 0 fully saturated rings. The predicted molar refractivity (Wildman–Crippen MR) is 110 cm³/mol. The molecule has 3 aromatic rings. The highest BCUT2D eigenvalue weighted by Gasteiger charge is 2.13. The van der Waals surface area contributed by atoms with E-state index >= 15 is 0 Å². The van der Waals surface area contributed by atoms with Crippen LogP contribution in [0, 0.1) is 0 Å². The van der Waals surface area contributed by atoms with E-state index in [4.69, 9.17) is 21.1 Å². The SMILES string of the molecule is O=C(OCCc1c(Cl)ccc(OCc2ccccc2)c1Br)c1ccccc1. The monoisotopic (exact) mass is 444 g/mol. The quantitative estimate of drug-likeness (QED) is 0.413. The van der Waals surface area contributed by atoms with Gasteiger partial charge in [-0.1, -0.05) is 60.1 Å². The van der Waals surface area contributed by atoms with Crippen molar-refractivity contribution in [3.05, 3.63) is 99.0 Å². The molecular formula is C22H18BrClO3. The van der Waals surface area contributed by atoms with Crippen LogP contribution in [0.25, 0.3) is 0 Å². The molecule has 138 valence electrons. The Hall–Kier alpha value is -2.30. The molecule has 3 rings (SSSR count). The second-order valence-electron chi connectivity index (χ2n) is 5.86. The molecule has 5 heteroatoms. The van der Waals surface area contributed by atoms with E-state index in [0.29, 0.717) is 29.4 Å². The normalized spacial score (nSPS) is 10.4. The van der Waals surface area contributed by atoms with Crippen LogP contribution in [0.4, 0.5) is 0 Å². The van der Waals surface area contributed by atoms with Crippen LogP contribution in [0.15, 0.2) is 77.3 Å². The van der Waals surface area contributed by atoms with Gasteiger partial charge in [-0.25, -0.2) is 4.79 Å². The van der Waals surface area contributed by atoms with Gasteiger partial charge in [0.25, 0.3) is 0 Å². The second-order valence-corrected chi connectivity index (χ2v) is 7.06. The largest absolute Gasteiger partial charge is 0.488 e. The minimum absolute atomic E-state index is 0.230. The molecule has 27 heavy (non-hydrogen) atoms. The molecular weight excluding hydrogens is 428 g/mol. The molecule has 0 aliphatic rings. The van der Waals surface area contributed by atoms with Crippen molar-refractivity contribution >= 4 is 33.5 Å². The summed E-state index contributed by atoms with van der Waals surface area (Å²) in [5.74, 6) is 0.354. The standard InChI is InChI=1S/C22H18BrClO3/c23-21-18(13-14-26-22(25)17-9-5-2-6-10-17)19(24)11-12-20(21)27-15-16-7-3-1-4-8-16/h1-12H,13-15H2. The Bertz CT molecular complexity index is 898. The lowest BCUT2D eigenvalue weighted by Crippen LogP contribution is -2.08. The van der Waals surface area contributed by atoms with Gasteiger partial charge in [0.05, 0.1) is 16.6 Å². The van der Waals surface area contributed by atoms with Crippen molar-refractivity contribution in [3.8, 4) is 5.75 Å². The molecule has 0 atom stereocenters. The molecule has 0 saturated carbocycles. The molecule has 0 bridgehead atoms. The van der Waals surface area contributed by atoms with Crippen molar-refractivity contribution in [1.82, 2.24) is 0 Å². The van der Waals surface area contributed by atoms with Gasteiger partial charge in [-0.2, -0.15) is 0 Å². The van der Waals surface area contributed by atoms with Gasteiger partial charge < -0.3 is 9.47 Å². The van der Waals surface area contributed by atoms with Crippen LogP contribution in [0.3, 0.4) is 0 Å². The van der Waals surface area contributed by atoms with E-state index in [9.17, 15) is 4.79 Å². The van der Waals surface area contributed by atoms with Gasteiger partial charge in [0.2, 0.25) is 0 Å². The van der Waals surface area contributed by atoms with Crippen LogP contribution in [-0.4, -0.2) is 12.6 Å². The lowest BCUT2D eigenvalue weighted by molar-refractivity contribution is 0.0509. The van der Waals surface area contributed by atoms with E-state index in [0.717, 1.165) is 15.6 Å². The van der Waals surface area contributed by atoms with Gasteiger partial charge in [0, 0.05) is 11.4 Å². The van der Waals surface area contributed by atoms with Crippen LogP contribution in [0.1, 0.15) is 21.5 Å². The van der Waals surface area contributed by atoms with Gasteiger partial charge in [-0.3, -0.25) is 0 Å². The minimum atomic E-state index is -0.348. The highest BCUT2D eigenvalue weighted by molar-refractivity contribution is 9.10. The van der Waals surface area contributed by atoms with Crippen molar-refractivity contribution in [3.63, 3.8) is 0 Å². The molecule has 0 unspecified atom stereocenters. The summed E-state index contributed by atoms with van der Waals surface area (Å²) in [4.78, 5) is 12.0. The molecule has 0 spiro atoms. The van der Waals surface area contributed by atoms with Crippen LogP contribution < -0.4 is 4.74 Å². The zero-order valence-corrected chi connectivity index (χ0v) is 16.9. The average molecular weight is 446 g/mol. The van der Waals surface area contributed by atoms with Gasteiger partial charge >= 0.3 is 5.97 Å². The van der Waals surface area contributed by atoms with Crippen molar-refractivity contribution < 1.29 is 14.3 Å². The summed E-state index contributed by atoms with van der Waals surface area (Å²) in [6.07, 6.45) is 0.487. The maximum absolute atomic E-state index is 12.0. The summed E-state index contributed by atoms with van der Waals surface area (Å²) in [6.45, 7) is 0.692.